The predicted molar refractivity (Wildman–Crippen MR) is 54.5 cm³/mol. The van der Waals surface area contributed by atoms with Gasteiger partial charge >= 0.3 is 0 Å². The summed E-state index contributed by atoms with van der Waals surface area (Å²) in [6.45, 7) is 0. The molecule has 0 spiro atoms. The second-order valence-electron chi connectivity index (χ2n) is 2.50. The van der Waals surface area contributed by atoms with Gasteiger partial charge in [0.1, 0.15) is 4.60 Å². The van der Waals surface area contributed by atoms with E-state index in [2.05, 4.69) is 20.9 Å². The molecule has 2 aromatic rings. The minimum absolute atomic E-state index is 0.742. The van der Waals surface area contributed by atoms with E-state index in [0.29, 0.717) is 0 Å². The minimum Gasteiger partial charge on any atom is -0.249 e. The Morgan fingerprint density at radius 3 is 2.83 bits per heavy atom. The average molecular weight is 243 g/mol. The molecule has 0 saturated heterocycles. The first-order valence-corrected chi connectivity index (χ1v) is 4.63. The monoisotopic (exact) mass is 241 g/mol. The van der Waals surface area contributed by atoms with Crippen LogP contribution in [0.25, 0.3) is 10.8 Å². The molecule has 0 aliphatic rings. The van der Waals surface area contributed by atoms with Crippen LogP contribution in [0.2, 0.25) is 5.02 Å². The number of halogens is 2. The zero-order valence-electron chi connectivity index (χ0n) is 6.09. The van der Waals surface area contributed by atoms with Crippen LogP contribution in [0.1, 0.15) is 0 Å². The molecule has 60 valence electrons. The molecule has 0 saturated carbocycles. The van der Waals surface area contributed by atoms with Crippen molar-refractivity contribution in [1.29, 1.82) is 0 Å². The van der Waals surface area contributed by atoms with E-state index in [1.54, 1.807) is 6.20 Å². The SMILES string of the molecule is Clc1ccc2cc(Br)ncc2c1. The zero-order valence-corrected chi connectivity index (χ0v) is 8.43. The van der Waals surface area contributed by atoms with E-state index < -0.39 is 0 Å². The molecule has 0 atom stereocenters. The molecule has 0 fully saturated rings. The average Bonchev–Trinajstić information content (AvgIpc) is 2.05. The van der Waals surface area contributed by atoms with Gasteiger partial charge in [0.05, 0.1) is 0 Å². The second kappa shape index (κ2) is 3.04. The largest absolute Gasteiger partial charge is 0.249 e. The fourth-order valence-corrected chi connectivity index (χ4v) is 1.62. The summed E-state index contributed by atoms with van der Waals surface area (Å²) in [6.07, 6.45) is 1.80. The van der Waals surface area contributed by atoms with E-state index in [1.165, 1.54) is 0 Å². The van der Waals surface area contributed by atoms with E-state index in [9.17, 15) is 0 Å². The number of hydrogen-bond acceptors (Lipinski definition) is 1. The summed E-state index contributed by atoms with van der Waals surface area (Å²) in [6, 6.07) is 7.71. The van der Waals surface area contributed by atoms with Crippen molar-refractivity contribution in [2.24, 2.45) is 0 Å². The lowest BCUT2D eigenvalue weighted by Gasteiger charge is -1.97. The molecule has 0 amide bonds. The zero-order chi connectivity index (χ0) is 8.55. The molecule has 0 radical (unpaired) electrons. The molecular formula is C9H5BrClN. The van der Waals surface area contributed by atoms with Gasteiger partial charge in [0, 0.05) is 16.6 Å². The first-order valence-electron chi connectivity index (χ1n) is 3.46. The quantitative estimate of drug-likeness (QED) is 0.643. The summed E-state index contributed by atoms with van der Waals surface area (Å²) in [4.78, 5) is 4.11. The van der Waals surface area contributed by atoms with Crippen LogP contribution in [0.15, 0.2) is 35.1 Å². The van der Waals surface area contributed by atoms with Gasteiger partial charge in [0.15, 0.2) is 0 Å². The summed E-state index contributed by atoms with van der Waals surface area (Å²) < 4.78 is 0.845. The van der Waals surface area contributed by atoms with Crippen LogP contribution in [-0.2, 0) is 0 Å². The lowest BCUT2D eigenvalue weighted by molar-refractivity contribution is 1.31. The third-order valence-electron chi connectivity index (χ3n) is 1.65. The maximum absolute atomic E-state index is 5.82. The Morgan fingerprint density at radius 2 is 2.00 bits per heavy atom. The Labute approximate surface area is 83.5 Å². The summed E-state index contributed by atoms with van der Waals surface area (Å²) in [7, 11) is 0. The number of aromatic nitrogens is 1. The highest BCUT2D eigenvalue weighted by Crippen LogP contribution is 2.20. The Bertz CT molecular complexity index is 387. The fourth-order valence-electron chi connectivity index (χ4n) is 1.09. The molecule has 12 heavy (non-hydrogen) atoms. The van der Waals surface area contributed by atoms with Crippen LogP contribution >= 0.6 is 27.5 Å². The van der Waals surface area contributed by atoms with E-state index >= 15 is 0 Å². The number of nitrogens with zero attached hydrogens (tertiary/aromatic N) is 1. The van der Waals surface area contributed by atoms with E-state index in [4.69, 9.17) is 11.6 Å². The number of rotatable bonds is 0. The molecule has 2 rings (SSSR count). The normalized spacial score (nSPS) is 10.5. The third kappa shape index (κ3) is 1.45. The summed E-state index contributed by atoms with van der Waals surface area (Å²) in [5.41, 5.74) is 0. The van der Waals surface area contributed by atoms with Crippen LogP contribution in [0.5, 0.6) is 0 Å². The van der Waals surface area contributed by atoms with Crippen molar-refractivity contribution in [2.75, 3.05) is 0 Å². The van der Waals surface area contributed by atoms with Gasteiger partial charge in [-0.15, -0.1) is 0 Å². The molecule has 1 nitrogen and oxygen atoms in total. The summed E-state index contributed by atoms with van der Waals surface area (Å²) >= 11 is 9.13. The lowest BCUT2D eigenvalue weighted by atomic mass is 10.2. The van der Waals surface area contributed by atoms with E-state index in [0.717, 1.165) is 20.4 Å². The number of benzene rings is 1. The molecule has 3 heteroatoms. The van der Waals surface area contributed by atoms with Crippen molar-refractivity contribution in [2.45, 2.75) is 0 Å². The van der Waals surface area contributed by atoms with Crippen molar-refractivity contribution >= 4 is 38.3 Å². The lowest BCUT2D eigenvalue weighted by Crippen LogP contribution is -1.76. The van der Waals surface area contributed by atoms with Crippen LogP contribution < -0.4 is 0 Å². The summed E-state index contributed by atoms with van der Waals surface area (Å²) in [5, 5.41) is 2.94. The van der Waals surface area contributed by atoms with Crippen LogP contribution in [0.4, 0.5) is 0 Å². The van der Waals surface area contributed by atoms with Gasteiger partial charge in [-0.1, -0.05) is 17.7 Å². The van der Waals surface area contributed by atoms with Crippen molar-refractivity contribution in [3.8, 4) is 0 Å². The molecule has 0 aliphatic carbocycles. The third-order valence-corrected chi connectivity index (χ3v) is 2.32. The van der Waals surface area contributed by atoms with Gasteiger partial charge in [-0.25, -0.2) is 4.98 Å². The Balaban J connectivity index is 2.79. The Kier molecular flexibility index (Phi) is 2.03. The standard InChI is InChI=1S/C9H5BrClN/c10-9-4-6-1-2-8(11)3-7(6)5-12-9/h1-5H. The highest BCUT2D eigenvalue weighted by molar-refractivity contribution is 9.10. The van der Waals surface area contributed by atoms with Gasteiger partial charge in [0.25, 0.3) is 0 Å². The second-order valence-corrected chi connectivity index (χ2v) is 3.75. The predicted octanol–water partition coefficient (Wildman–Crippen LogP) is 3.65. The van der Waals surface area contributed by atoms with Crippen molar-refractivity contribution in [3.05, 3.63) is 40.1 Å². The molecule has 1 heterocycles. The van der Waals surface area contributed by atoms with E-state index in [-0.39, 0.29) is 0 Å². The molecule has 1 aromatic heterocycles. The molecule has 0 bridgehead atoms. The molecule has 0 N–H and O–H groups in total. The molecular weight excluding hydrogens is 237 g/mol. The number of pyridine rings is 1. The van der Waals surface area contributed by atoms with Crippen molar-refractivity contribution < 1.29 is 0 Å². The van der Waals surface area contributed by atoms with Crippen molar-refractivity contribution in [3.63, 3.8) is 0 Å². The smallest absolute Gasteiger partial charge is 0.106 e. The maximum atomic E-state index is 5.82. The minimum atomic E-state index is 0.742. The van der Waals surface area contributed by atoms with Gasteiger partial charge in [-0.05, 0) is 39.5 Å². The first kappa shape index (κ1) is 8.02. The van der Waals surface area contributed by atoms with E-state index in [1.807, 2.05) is 24.3 Å². The van der Waals surface area contributed by atoms with Gasteiger partial charge in [-0.3, -0.25) is 0 Å². The number of fused-ring (bicyclic) bond motifs is 1. The molecule has 0 unspecified atom stereocenters. The fraction of sp³-hybridized carbons (Fsp3) is 0. The first-order chi connectivity index (χ1) is 5.75. The van der Waals surface area contributed by atoms with Crippen LogP contribution in [0, 0.1) is 0 Å². The van der Waals surface area contributed by atoms with Crippen molar-refractivity contribution in [1.82, 2.24) is 4.98 Å². The highest BCUT2D eigenvalue weighted by Gasteiger charge is 1.95. The molecule has 1 aromatic carbocycles. The van der Waals surface area contributed by atoms with Gasteiger partial charge in [-0.2, -0.15) is 0 Å². The van der Waals surface area contributed by atoms with Gasteiger partial charge in [0.2, 0.25) is 0 Å². The Morgan fingerprint density at radius 1 is 1.17 bits per heavy atom. The number of hydrogen-bond donors (Lipinski definition) is 0. The van der Waals surface area contributed by atoms with Crippen LogP contribution in [-0.4, -0.2) is 4.98 Å². The Hall–Kier alpha value is -0.600. The topological polar surface area (TPSA) is 12.9 Å². The van der Waals surface area contributed by atoms with Gasteiger partial charge < -0.3 is 0 Å². The van der Waals surface area contributed by atoms with Crippen LogP contribution in [0.3, 0.4) is 0 Å². The summed E-state index contributed by atoms with van der Waals surface area (Å²) in [5.74, 6) is 0. The maximum Gasteiger partial charge on any atom is 0.106 e. The highest BCUT2D eigenvalue weighted by atomic mass is 79.9. The molecule has 0 aliphatic heterocycles.